The average Bonchev–Trinajstić information content (AvgIpc) is 2.31. The number of anilines is 1. The Bertz CT molecular complexity index is 398. The molecule has 2 rings (SSSR count). The summed E-state index contributed by atoms with van der Waals surface area (Å²) in [6, 6.07) is 0. The van der Waals surface area contributed by atoms with Crippen LogP contribution in [-0.2, 0) is 0 Å². The minimum Gasteiger partial charge on any atom is -0.382 e. The van der Waals surface area contributed by atoms with E-state index >= 15 is 0 Å². The van der Waals surface area contributed by atoms with Crippen molar-refractivity contribution >= 4 is 43.4 Å². The topological polar surface area (TPSA) is 64.7 Å². The van der Waals surface area contributed by atoms with Gasteiger partial charge in [0.05, 0.1) is 0 Å². The van der Waals surface area contributed by atoms with Crippen LogP contribution in [0.5, 0.6) is 0 Å². The third-order valence-corrected chi connectivity index (χ3v) is 2.71. The van der Waals surface area contributed by atoms with Crippen molar-refractivity contribution < 1.29 is 0 Å². The van der Waals surface area contributed by atoms with E-state index in [2.05, 4.69) is 30.9 Å². The SMILES string of the molecule is Nc1ncnc2nc(Br)sc12. The number of nitrogen functional groups attached to an aromatic ring is 1. The molecule has 0 saturated carbocycles. The normalized spacial score (nSPS) is 10.6. The van der Waals surface area contributed by atoms with Gasteiger partial charge in [-0.05, 0) is 15.9 Å². The molecular formula is C5H3BrN4S. The van der Waals surface area contributed by atoms with Gasteiger partial charge in [0.2, 0.25) is 0 Å². The Labute approximate surface area is 74.6 Å². The molecule has 0 aliphatic rings. The Morgan fingerprint density at radius 3 is 3.00 bits per heavy atom. The average molecular weight is 231 g/mol. The Morgan fingerprint density at radius 1 is 1.45 bits per heavy atom. The van der Waals surface area contributed by atoms with Gasteiger partial charge in [-0.1, -0.05) is 0 Å². The zero-order valence-electron chi connectivity index (χ0n) is 5.28. The van der Waals surface area contributed by atoms with E-state index in [0.29, 0.717) is 11.5 Å². The van der Waals surface area contributed by atoms with Crippen LogP contribution in [0.3, 0.4) is 0 Å². The van der Waals surface area contributed by atoms with E-state index in [1.165, 1.54) is 17.7 Å². The third kappa shape index (κ3) is 1.08. The molecule has 0 aromatic carbocycles. The summed E-state index contributed by atoms with van der Waals surface area (Å²) in [6.07, 6.45) is 1.41. The lowest BCUT2D eigenvalue weighted by Crippen LogP contribution is -1.90. The monoisotopic (exact) mass is 230 g/mol. The van der Waals surface area contributed by atoms with Gasteiger partial charge in [-0.3, -0.25) is 0 Å². The first-order chi connectivity index (χ1) is 5.27. The number of halogens is 1. The molecule has 0 bridgehead atoms. The molecule has 0 amide bonds. The van der Waals surface area contributed by atoms with Crippen molar-refractivity contribution in [1.82, 2.24) is 15.0 Å². The number of rotatable bonds is 0. The molecule has 0 saturated heterocycles. The van der Waals surface area contributed by atoms with Gasteiger partial charge >= 0.3 is 0 Å². The highest BCUT2D eigenvalue weighted by molar-refractivity contribution is 9.11. The van der Waals surface area contributed by atoms with Gasteiger partial charge < -0.3 is 5.73 Å². The third-order valence-electron chi connectivity index (χ3n) is 1.19. The van der Waals surface area contributed by atoms with Crippen molar-refractivity contribution in [1.29, 1.82) is 0 Å². The zero-order chi connectivity index (χ0) is 7.84. The molecule has 0 radical (unpaired) electrons. The summed E-state index contributed by atoms with van der Waals surface area (Å²) in [6.45, 7) is 0. The van der Waals surface area contributed by atoms with E-state index in [0.717, 1.165) is 8.62 Å². The molecule has 2 aromatic heterocycles. The minimum atomic E-state index is 0.484. The lowest BCUT2D eigenvalue weighted by atomic mass is 10.6. The maximum Gasteiger partial charge on any atom is 0.176 e. The van der Waals surface area contributed by atoms with Gasteiger partial charge in [-0.15, -0.1) is 11.3 Å². The number of aromatic nitrogens is 3. The first-order valence-corrected chi connectivity index (χ1v) is 4.41. The van der Waals surface area contributed by atoms with E-state index in [1.807, 2.05) is 0 Å². The fraction of sp³-hybridized carbons (Fsp3) is 0. The van der Waals surface area contributed by atoms with E-state index in [-0.39, 0.29) is 0 Å². The van der Waals surface area contributed by atoms with Crippen molar-refractivity contribution in [3.63, 3.8) is 0 Å². The molecular weight excluding hydrogens is 228 g/mol. The largest absolute Gasteiger partial charge is 0.382 e. The van der Waals surface area contributed by atoms with Crippen LogP contribution >= 0.6 is 27.3 Å². The number of hydrogen-bond donors (Lipinski definition) is 1. The van der Waals surface area contributed by atoms with Crippen LogP contribution < -0.4 is 5.73 Å². The van der Waals surface area contributed by atoms with E-state index in [1.54, 1.807) is 0 Å². The van der Waals surface area contributed by atoms with E-state index in [4.69, 9.17) is 5.73 Å². The first-order valence-electron chi connectivity index (χ1n) is 2.80. The molecule has 2 N–H and O–H groups in total. The summed E-state index contributed by atoms with van der Waals surface area (Å²) < 4.78 is 1.61. The molecule has 4 nitrogen and oxygen atoms in total. The maximum absolute atomic E-state index is 5.57. The van der Waals surface area contributed by atoms with Crippen molar-refractivity contribution in [2.75, 3.05) is 5.73 Å². The lowest BCUT2D eigenvalue weighted by molar-refractivity contribution is 1.20. The van der Waals surface area contributed by atoms with Gasteiger partial charge in [-0.2, -0.15) is 0 Å². The standard InChI is InChI=1S/C5H3BrN4S/c6-5-10-4-2(11-5)3(7)8-1-9-4/h1H,(H2,7,8,9). The predicted molar refractivity (Wildman–Crippen MR) is 47.3 cm³/mol. The fourth-order valence-electron chi connectivity index (χ4n) is 0.745. The highest BCUT2D eigenvalue weighted by Crippen LogP contribution is 2.27. The lowest BCUT2D eigenvalue weighted by Gasteiger charge is -1.88. The Balaban J connectivity index is 2.90. The Morgan fingerprint density at radius 2 is 2.27 bits per heavy atom. The summed E-state index contributed by atoms with van der Waals surface area (Å²) >= 11 is 4.68. The smallest absolute Gasteiger partial charge is 0.176 e. The maximum atomic E-state index is 5.57. The molecule has 0 atom stereocenters. The van der Waals surface area contributed by atoms with Gasteiger partial charge in [0, 0.05) is 0 Å². The summed E-state index contributed by atoms with van der Waals surface area (Å²) in [7, 11) is 0. The fourth-order valence-corrected chi connectivity index (χ4v) is 2.05. The summed E-state index contributed by atoms with van der Waals surface area (Å²) in [5.74, 6) is 0.484. The number of hydrogen-bond acceptors (Lipinski definition) is 5. The number of thiazole rings is 1. The number of fused-ring (bicyclic) bond motifs is 1. The molecule has 2 aromatic rings. The predicted octanol–water partition coefficient (Wildman–Crippen LogP) is 1.43. The van der Waals surface area contributed by atoms with Crippen LogP contribution in [0, 0.1) is 0 Å². The summed E-state index contributed by atoms with van der Waals surface area (Å²) in [5.41, 5.74) is 6.22. The van der Waals surface area contributed by atoms with E-state index < -0.39 is 0 Å². The van der Waals surface area contributed by atoms with E-state index in [9.17, 15) is 0 Å². The molecule has 11 heavy (non-hydrogen) atoms. The highest BCUT2D eigenvalue weighted by Gasteiger charge is 2.04. The van der Waals surface area contributed by atoms with Crippen molar-refractivity contribution in [3.05, 3.63) is 10.2 Å². The van der Waals surface area contributed by atoms with Crippen LogP contribution in [0.15, 0.2) is 10.2 Å². The molecule has 6 heteroatoms. The minimum absolute atomic E-state index is 0.484. The first kappa shape index (κ1) is 6.93. The second-order valence-corrected chi connectivity index (χ2v) is 4.15. The van der Waals surface area contributed by atoms with Gasteiger partial charge in [0.15, 0.2) is 9.56 Å². The Hall–Kier alpha value is -0.750. The quantitative estimate of drug-likeness (QED) is 0.744. The molecule has 0 aliphatic carbocycles. The summed E-state index contributed by atoms with van der Waals surface area (Å²) in [4.78, 5) is 11.9. The van der Waals surface area contributed by atoms with Crippen molar-refractivity contribution in [3.8, 4) is 0 Å². The van der Waals surface area contributed by atoms with Crippen molar-refractivity contribution in [2.24, 2.45) is 0 Å². The number of nitrogens with zero attached hydrogens (tertiary/aromatic N) is 3. The molecule has 2 heterocycles. The summed E-state index contributed by atoms with van der Waals surface area (Å²) in [5, 5.41) is 0. The van der Waals surface area contributed by atoms with Crippen LogP contribution in [-0.4, -0.2) is 15.0 Å². The second-order valence-electron chi connectivity index (χ2n) is 1.88. The zero-order valence-corrected chi connectivity index (χ0v) is 7.69. The number of nitrogens with two attached hydrogens (primary N) is 1. The molecule has 0 spiro atoms. The van der Waals surface area contributed by atoms with Gasteiger partial charge in [0.1, 0.15) is 16.8 Å². The molecule has 0 aliphatic heterocycles. The van der Waals surface area contributed by atoms with Gasteiger partial charge in [0.25, 0.3) is 0 Å². The van der Waals surface area contributed by atoms with Crippen LogP contribution in [0.25, 0.3) is 10.3 Å². The Kier molecular flexibility index (Phi) is 1.50. The van der Waals surface area contributed by atoms with Crippen LogP contribution in [0.1, 0.15) is 0 Å². The molecule has 56 valence electrons. The molecule has 0 fully saturated rings. The van der Waals surface area contributed by atoms with Crippen molar-refractivity contribution in [2.45, 2.75) is 0 Å². The van der Waals surface area contributed by atoms with Crippen LogP contribution in [0.2, 0.25) is 0 Å². The van der Waals surface area contributed by atoms with Gasteiger partial charge in [-0.25, -0.2) is 15.0 Å². The van der Waals surface area contributed by atoms with Crippen LogP contribution in [0.4, 0.5) is 5.82 Å². The molecule has 0 unspecified atom stereocenters. The second kappa shape index (κ2) is 2.38. The highest BCUT2D eigenvalue weighted by atomic mass is 79.9.